The van der Waals surface area contributed by atoms with Crippen LogP contribution in [0.3, 0.4) is 0 Å². The van der Waals surface area contributed by atoms with Gasteiger partial charge in [-0.05, 0) is 111 Å². The van der Waals surface area contributed by atoms with Crippen LogP contribution in [0.5, 0.6) is 5.75 Å². The molecule has 0 saturated carbocycles. The molecule has 2 aliphatic heterocycles. The first-order chi connectivity index (χ1) is 48.4. The highest BCUT2D eigenvalue weighted by molar-refractivity contribution is 6.00. The Labute approximate surface area is 586 Å². The van der Waals surface area contributed by atoms with Crippen LogP contribution >= 0.6 is 0 Å². The van der Waals surface area contributed by atoms with E-state index < -0.39 is 53.9 Å². The summed E-state index contributed by atoms with van der Waals surface area (Å²) in [6, 6.07) is 23.9. The molecule has 0 aliphatic carbocycles. The number of nitrogens with two attached hydrogens (primary N) is 1. The highest BCUT2D eigenvalue weighted by Gasteiger charge is 2.39. The van der Waals surface area contributed by atoms with E-state index >= 15 is 0 Å². The van der Waals surface area contributed by atoms with Crippen molar-refractivity contribution in [2.24, 2.45) is 11.7 Å². The second kappa shape index (κ2) is 44.7. The number of carbonyl (C=O) groups is 8. The number of nitrogens with one attached hydrogen (secondary N) is 6. The summed E-state index contributed by atoms with van der Waals surface area (Å²) < 4.78 is 55.6. The van der Waals surface area contributed by atoms with E-state index in [0.717, 1.165) is 12.1 Å². The largest absolute Gasteiger partial charge is 0.492 e. The van der Waals surface area contributed by atoms with Crippen LogP contribution < -0.4 is 52.2 Å². The molecule has 100 heavy (non-hydrogen) atoms. The Bertz CT molecular complexity index is 3150. The fourth-order valence-electron chi connectivity index (χ4n) is 10.7. The molecule has 0 spiro atoms. The number of benzene rings is 4. The normalized spacial score (nSPS) is 15.8. The second-order valence-corrected chi connectivity index (χ2v) is 24.1. The minimum absolute atomic E-state index is 0.00279. The summed E-state index contributed by atoms with van der Waals surface area (Å²) in [5, 5.41) is 16.3. The standard InChI is InChI=1S/C71H103N11O18/c1-8-65(85)81-51(4)47-62(60-11-9-10-12-61(60)81)82(58-21-17-55(18-22-58)75-64(84)48-73-70(89)77-57-19-23-59(24-20-57)99-32-29-80-28-27-79(7)69(88)53(80)6)71(90)100-49-54-13-15-56(16-14-54)76-67(86)52(5)74-68(87)66(50(2)3)78-63(83)25-30-91-33-35-93-37-39-95-41-43-97-45-46-98-44-42-96-40-38-94-36-34-92-31-26-72/h9-24,50-53,62,66H,8,25-49,72H2,1-7H3,(H,74,87)(H,75,84)(H,76,86)(H,78,83)(H2,73,77,89)/t51-,52-,53+,62+,66-/m0/s1. The monoisotopic (exact) mass is 1400 g/mol. The third-order valence-corrected chi connectivity index (χ3v) is 16.2. The van der Waals surface area contributed by atoms with Gasteiger partial charge in [-0.25, -0.2) is 9.59 Å². The van der Waals surface area contributed by atoms with Gasteiger partial charge in [0.05, 0.1) is 124 Å². The van der Waals surface area contributed by atoms with Crippen molar-refractivity contribution < 1.29 is 85.7 Å². The van der Waals surface area contributed by atoms with Crippen LogP contribution in [0.1, 0.15) is 78.0 Å². The van der Waals surface area contributed by atoms with E-state index in [-0.39, 0.29) is 69.0 Å². The van der Waals surface area contributed by atoms with Gasteiger partial charge in [0.25, 0.3) is 0 Å². The second-order valence-electron chi connectivity index (χ2n) is 24.1. The summed E-state index contributed by atoms with van der Waals surface area (Å²) in [7, 11) is 1.80. The Morgan fingerprint density at radius 1 is 0.600 bits per heavy atom. The van der Waals surface area contributed by atoms with Crippen LogP contribution in [0.4, 0.5) is 38.0 Å². The fourth-order valence-corrected chi connectivity index (χ4v) is 10.7. The molecule has 4 aromatic carbocycles. The lowest BCUT2D eigenvalue weighted by Crippen LogP contribution is -2.55. The highest BCUT2D eigenvalue weighted by atomic mass is 16.6. The van der Waals surface area contributed by atoms with Crippen LogP contribution in [0.25, 0.3) is 0 Å². The first-order valence-corrected chi connectivity index (χ1v) is 34.2. The van der Waals surface area contributed by atoms with Crippen molar-refractivity contribution in [1.82, 2.24) is 25.8 Å². The van der Waals surface area contributed by atoms with Gasteiger partial charge >= 0.3 is 12.1 Å². The molecule has 8 N–H and O–H groups in total. The SMILES string of the molecule is CCC(=O)N1c2ccccc2[C@H](N(C(=O)OCc2ccc(NC(=O)[C@H](C)NC(=O)[C@@H](NC(=O)CCOCCOCCOCCOCCOCCOCCOCCOCCN)C(C)C)cc2)c2ccc(NC(=O)CNC(=O)Nc3ccc(OCCN4CCN(C)C(=O)[C@H]4C)cc3)cc2)C[C@@H]1C. The van der Waals surface area contributed by atoms with Crippen molar-refractivity contribution in [3.63, 3.8) is 0 Å². The quantitative estimate of drug-likeness (QED) is 0.0270. The molecule has 0 radical (unpaired) electrons. The topological polar surface area (TPSA) is 340 Å². The summed E-state index contributed by atoms with van der Waals surface area (Å²) in [4.78, 5) is 113. The molecule has 29 nitrogen and oxygen atoms in total. The third kappa shape index (κ3) is 28.0. The lowest BCUT2D eigenvalue weighted by molar-refractivity contribution is -0.139. The van der Waals surface area contributed by atoms with Gasteiger partial charge in [-0.3, -0.25) is 38.6 Å². The Hall–Kier alpha value is -8.36. The average molecular weight is 1400 g/mol. The summed E-state index contributed by atoms with van der Waals surface area (Å²) in [6.07, 6.45) is -0.0281. The summed E-state index contributed by atoms with van der Waals surface area (Å²) >= 11 is 0. The number of amides is 9. The smallest absolute Gasteiger partial charge is 0.415 e. The van der Waals surface area contributed by atoms with Crippen molar-refractivity contribution in [2.75, 3.05) is 178 Å². The molecule has 29 heteroatoms. The van der Waals surface area contributed by atoms with Gasteiger partial charge in [0, 0.05) is 80.5 Å². The summed E-state index contributed by atoms with van der Waals surface area (Å²) in [5.41, 5.74) is 9.11. The number of para-hydroxylation sites is 1. The Balaban J connectivity index is 0.890. The molecule has 1 saturated heterocycles. The van der Waals surface area contributed by atoms with E-state index in [4.69, 9.17) is 53.1 Å². The van der Waals surface area contributed by atoms with Crippen molar-refractivity contribution >= 4 is 76.0 Å². The van der Waals surface area contributed by atoms with E-state index in [1.807, 2.05) is 38.1 Å². The van der Waals surface area contributed by atoms with Gasteiger partial charge in [-0.2, -0.15) is 0 Å². The van der Waals surface area contributed by atoms with Gasteiger partial charge in [-0.1, -0.05) is 51.1 Å². The van der Waals surface area contributed by atoms with Gasteiger partial charge in [0.15, 0.2) is 0 Å². The maximum absolute atomic E-state index is 14.6. The third-order valence-electron chi connectivity index (χ3n) is 16.2. The maximum Gasteiger partial charge on any atom is 0.415 e. The van der Waals surface area contributed by atoms with E-state index in [0.29, 0.717) is 165 Å². The van der Waals surface area contributed by atoms with Gasteiger partial charge < -0.3 is 94.8 Å². The van der Waals surface area contributed by atoms with E-state index in [2.05, 4.69) is 36.8 Å². The lowest BCUT2D eigenvalue weighted by atomic mass is 9.90. The molecule has 5 atom stereocenters. The molecule has 0 aromatic heterocycles. The molecule has 6 rings (SSSR count). The Kier molecular flexibility index (Phi) is 36.0. The number of fused-ring (bicyclic) bond motifs is 1. The van der Waals surface area contributed by atoms with Crippen LogP contribution in [0.15, 0.2) is 97.1 Å². The first-order valence-electron chi connectivity index (χ1n) is 34.2. The zero-order valence-electron chi connectivity index (χ0n) is 58.8. The number of piperazine rings is 1. The maximum atomic E-state index is 14.6. The van der Waals surface area contributed by atoms with Gasteiger partial charge in [0.2, 0.25) is 35.4 Å². The van der Waals surface area contributed by atoms with Crippen molar-refractivity contribution in [2.45, 2.75) is 97.6 Å². The number of hydrogen-bond donors (Lipinski definition) is 7. The Morgan fingerprint density at radius 3 is 1.70 bits per heavy atom. The van der Waals surface area contributed by atoms with Gasteiger partial charge in [-0.15, -0.1) is 0 Å². The fraction of sp³-hybridized carbons (Fsp3) is 0.549. The summed E-state index contributed by atoms with van der Waals surface area (Å²) in [5.74, 6) is -1.63. The number of rotatable bonds is 45. The zero-order valence-corrected chi connectivity index (χ0v) is 58.8. The predicted molar refractivity (Wildman–Crippen MR) is 376 cm³/mol. The van der Waals surface area contributed by atoms with E-state index in [1.54, 1.807) is 110 Å². The van der Waals surface area contributed by atoms with Crippen LogP contribution in [-0.2, 0) is 78.0 Å². The first kappa shape index (κ1) is 80.6. The number of anilines is 5. The van der Waals surface area contributed by atoms with Crippen molar-refractivity contribution in [3.05, 3.63) is 108 Å². The summed E-state index contributed by atoms with van der Waals surface area (Å²) in [6.45, 7) is 19.6. The van der Waals surface area contributed by atoms with E-state index in [1.165, 1.54) is 11.8 Å². The minimum Gasteiger partial charge on any atom is -0.492 e. The van der Waals surface area contributed by atoms with Gasteiger partial charge in [0.1, 0.15) is 31.0 Å². The molecule has 0 bridgehead atoms. The molecule has 2 heterocycles. The molecular formula is C71H103N11O18. The van der Waals surface area contributed by atoms with Crippen LogP contribution in [-0.4, -0.2) is 234 Å². The average Bonchev–Trinajstić information content (AvgIpc) is 0.760. The molecule has 550 valence electrons. The molecule has 0 unspecified atom stereocenters. The number of likely N-dealkylation sites (N-methyl/N-ethyl adjacent to an activating group) is 1. The van der Waals surface area contributed by atoms with Crippen molar-refractivity contribution in [3.8, 4) is 5.75 Å². The van der Waals surface area contributed by atoms with Crippen LogP contribution in [0.2, 0.25) is 0 Å². The molecule has 4 aromatic rings. The number of urea groups is 1. The number of hydrogen-bond acceptors (Lipinski definition) is 20. The highest BCUT2D eigenvalue weighted by Crippen LogP contribution is 2.43. The lowest BCUT2D eigenvalue weighted by Gasteiger charge is -2.43. The Morgan fingerprint density at radius 2 is 1.13 bits per heavy atom. The number of ether oxygens (including phenoxy) is 10. The van der Waals surface area contributed by atoms with Crippen molar-refractivity contribution in [1.29, 1.82) is 0 Å². The molecular weight excluding hydrogens is 1290 g/mol. The molecule has 9 amide bonds. The van der Waals surface area contributed by atoms with E-state index in [9.17, 15) is 38.4 Å². The molecule has 1 fully saturated rings. The predicted octanol–water partition coefficient (Wildman–Crippen LogP) is 5.47. The van der Waals surface area contributed by atoms with Crippen LogP contribution in [0, 0.1) is 5.92 Å². The molecule has 2 aliphatic rings. The zero-order chi connectivity index (χ0) is 72.0. The number of carbonyl (C=O) groups excluding carboxylic acids is 8. The minimum atomic E-state index is -0.986. The number of nitrogens with zero attached hydrogens (tertiary/aromatic N) is 4.